The van der Waals surface area contributed by atoms with E-state index in [2.05, 4.69) is 30.8 Å². The molecule has 2 aliphatic heterocycles. The summed E-state index contributed by atoms with van der Waals surface area (Å²) in [6.45, 7) is 4.57. The molecule has 2 aliphatic rings. The van der Waals surface area contributed by atoms with Gasteiger partial charge in [-0.2, -0.15) is 10.2 Å². The van der Waals surface area contributed by atoms with E-state index in [9.17, 15) is 4.79 Å². The summed E-state index contributed by atoms with van der Waals surface area (Å²) in [5.41, 5.74) is 4.19. The predicted octanol–water partition coefficient (Wildman–Crippen LogP) is 1.58. The van der Waals surface area contributed by atoms with E-state index in [4.69, 9.17) is 0 Å². The zero-order valence-corrected chi connectivity index (χ0v) is 15.2. The van der Waals surface area contributed by atoms with Crippen molar-refractivity contribution in [2.24, 2.45) is 5.92 Å². The second kappa shape index (κ2) is 6.74. The molecule has 0 amide bonds. The van der Waals surface area contributed by atoms with Gasteiger partial charge in [0, 0.05) is 61.8 Å². The van der Waals surface area contributed by atoms with E-state index in [0.29, 0.717) is 12.5 Å². The van der Waals surface area contributed by atoms with Crippen LogP contribution in [0.5, 0.6) is 0 Å². The lowest BCUT2D eigenvalue weighted by Crippen LogP contribution is -2.49. The van der Waals surface area contributed by atoms with Crippen LogP contribution in [0.1, 0.15) is 17.8 Å². The average Bonchev–Trinajstić information content (AvgIpc) is 3.24. The summed E-state index contributed by atoms with van der Waals surface area (Å²) in [4.78, 5) is 18.7. The van der Waals surface area contributed by atoms with Gasteiger partial charge in [0.1, 0.15) is 0 Å². The first-order chi connectivity index (χ1) is 13.2. The molecule has 0 spiro atoms. The highest BCUT2D eigenvalue weighted by Gasteiger charge is 2.28. The van der Waals surface area contributed by atoms with Crippen molar-refractivity contribution in [1.82, 2.24) is 29.4 Å². The van der Waals surface area contributed by atoms with Crippen LogP contribution in [-0.2, 0) is 26.1 Å². The Bertz CT molecular complexity index is 981. The first kappa shape index (κ1) is 16.4. The summed E-state index contributed by atoms with van der Waals surface area (Å²) in [5.74, 6) is 0.453. The van der Waals surface area contributed by atoms with Crippen LogP contribution in [0.4, 0.5) is 0 Å². The maximum atomic E-state index is 12.2. The average molecular weight is 362 g/mol. The van der Waals surface area contributed by atoms with Gasteiger partial charge in [0.2, 0.25) is 0 Å². The summed E-state index contributed by atoms with van der Waals surface area (Å²) in [6.07, 6.45) is 5.87. The van der Waals surface area contributed by atoms with E-state index in [1.54, 1.807) is 29.2 Å². The molecule has 1 saturated heterocycles. The van der Waals surface area contributed by atoms with E-state index < -0.39 is 0 Å². The van der Waals surface area contributed by atoms with Gasteiger partial charge < -0.3 is 0 Å². The second-order valence-corrected chi connectivity index (χ2v) is 7.49. The molecule has 7 heteroatoms. The fraction of sp³-hybridized carbons (Fsp3) is 0.400. The first-order valence-corrected chi connectivity index (χ1v) is 9.51. The fourth-order valence-corrected chi connectivity index (χ4v) is 4.04. The molecule has 0 unspecified atom stereocenters. The normalized spacial score (nSPS) is 17.0. The quantitative estimate of drug-likeness (QED) is 0.689. The van der Waals surface area contributed by atoms with Gasteiger partial charge in [0.25, 0.3) is 5.56 Å². The van der Waals surface area contributed by atoms with E-state index in [-0.39, 0.29) is 5.56 Å². The maximum Gasteiger partial charge on any atom is 0.266 e. The minimum atomic E-state index is -0.0494. The molecule has 3 aromatic rings. The van der Waals surface area contributed by atoms with Crippen LogP contribution < -0.4 is 5.56 Å². The third kappa shape index (κ3) is 3.30. The largest absolute Gasteiger partial charge is 0.297 e. The highest BCUT2D eigenvalue weighted by molar-refractivity contribution is 5.56. The van der Waals surface area contributed by atoms with E-state index >= 15 is 0 Å². The molecule has 0 bridgehead atoms. The van der Waals surface area contributed by atoms with Gasteiger partial charge >= 0.3 is 0 Å². The summed E-state index contributed by atoms with van der Waals surface area (Å²) in [7, 11) is 0. The minimum absolute atomic E-state index is 0.0494. The Morgan fingerprint density at radius 1 is 1.15 bits per heavy atom. The smallest absolute Gasteiger partial charge is 0.266 e. The Balaban J connectivity index is 1.21. The van der Waals surface area contributed by atoms with Gasteiger partial charge in [-0.3, -0.25) is 19.4 Å². The highest BCUT2D eigenvalue weighted by Crippen LogP contribution is 2.22. The monoisotopic (exact) mass is 362 g/mol. The van der Waals surface area contributed by atoms with Crippen molar-refractivity contribution in [3.63, 3.8) is 0 Å². The van der Waals surface area contributed by atoms with Crippen LogP contribution in [0.3, 0.4) is 0 Å². The highest BCUT2D eigenvalue weighted by atomic mass is 16.1. The minimum Gasteiger partial charge on any atom is -0.297 e. The number of fused-ring (bicyclic) bond motifs is 1. The number of nitrogens with zero attached hydrogens (tertiary/aromatic N) is 6. The Hall–Kier alpha value is -2.80. The number of pyridine rings is 1. The lowest BCUT2D eigenvalue weighted by Gasteiger charge is -2.38. The first-order valence-electron chi connectivity index (χ1n) is 9.51. The third-order valence-electron chi connectivity index (χ3n) is 5.39. The molecule has 0 atom stereocenters. The SMILES string of the molecule is O=c1ccc(-c2cccnc2)nn1CC1CN(Cc2cc3n(n2)CCC3)C1. The van der Waals surface area contributed by atoms with Crippen molar-refractivity contribution < 1.29 is 0 Å². The maximum absolute atomic E-state index is 12.2. The molecule has 0 saturated carbocycles. The molecule has 1 fully saturated rings. The second-order valence-electron chi connectivity index (χ2n) is 7.49. The molecule has 0 aromatic carbocycles. The van der Waals surface area contributed by atoms with Gasteiger partial charge in [-0.25, -0.2) is 4.68 Å². The van der Waals surface area contributed by atoms with Crippen LogP contribution in [0.2, 0.25) is 0 Å². The number of aromatic nitrogens is 5. The molecular weight excluding hydrogens is 340 g/mol. The van der Waals surface area contributed by atoms with Crippen molar-refractivity contribution in [1.29, 1.82) is 0 Å². The molecule has 5 rings (SSSR count). The number of hydrogen-bond acceptors (Lipinski definition) is 5. The van der Waals surface area contributed by atoms with Crippen molar-refractivity contribution in [2.45, 2.75) is 32.5 Å². The van der Waals surface area contributed by atoms with Crippen LogP contribution in [-0.4, -0.2) is 42.5 Å². The molecule has 0 aliphatic carbocycles. The fourth-order valence-electron chi connectivity index (χ4n) is 4.04. The molecule has 27 heavy (non-hydrogen) atoms. The summed E-state index contributed by atoms with van der Waals surface area (Å²) in [5, 5.41) is 9.22. The third-order valence-corrected chi connectivity index (χ3v) is 5.39. The van der Waals surface area contributed by atoms with Crippen molar-refractivity contribution >= 4 is 0 Å². The molecule has 7 nitrogen and oxygen atoms in total. The van der Waals surface area contributed by atoms with Gasteiger partial charge in [0.05, 0.1) is 17.9 Å². The van der Waals surface area contributed by atoms with Crippen LogP contribution in [0.25, 0.3) is 11.3 Å². The van der Waals surface area contributed by atoms with Crippen LogP contribution >= 0.6 is 0 Å². The number of hydrogen-bond donors (Lipinski definition) is 0. The van der Waals surface area contributed by atoms with Crippen molar-refractivity contribution in [3.8, 4) is 11.3 Å². The number of likely N-dealkylation sites (tertiary alicyclic amines) is 1. The van der Waals surface area contributed by atoms with Gasteiger partial charge in [-0.1, -0.05) is 0 Å². The Morgan fingerprint density at radius 2 is 2.07 bits per heavy atom. The van der Waals surface area contributed by atoms with Crippen molar-refractivity contribution in [2.75, 3.05) is 13.1 Å². The molecule has 3 aromatic heterocycles. The Morgan fingerprint density at radius 3 is 2.89 bits per heavy atom. The molecule has 5 heterocycles. The molecule has 0 radical (unpaired) electrons. The Kier molecular flexibility index (Phi) is 4.09. The standard InChI is InChI=1S/C20H22N6O/c27-20-6-5-19(16-3-1-7-21-10-16)23-26(20)13-15-11-24(12-15)14-17-9-18-4-2-8-25(18)22-17/h1,3,5-7,9-10,15H,2,4,8,11-14H2. The lowest BCUT2D eigenvalue weighted by atomic mass is 10.00. The molecule has 138 valence electrons. The van der Waals surface area contributed by atoms with Crippen LogP contribution in [0, 0.1) is 5.92 Å². The van der Waals surface area contributed by atoms with E-state index in [0.717, 1.165) is 49.6 Å². The number of aryl methyl sites for hydroxylation is 2. The van der Waals surface area contributed by atoms with Gasteiger partial charge in [0.15, 0.2) is 0 Å². The van der Waals surface area contributed by atoms with Gasteiger partial charge in [-0.15, -0.1) is 0 Å². The zero-order chi connectivity index (χ0) is 18.2. The molecular formula is C20H22N6O. The summed E-state index contributed by atoms with van der Waals surface area (Å²) >= 11 is 0. The van der Waals surface area contributed by atoms with Crippen molar-refractivity contribution in [3.05, 3.63) is 64.5 Å². The van der Waals surface area contributed by atoms with E-state index in [1.807, 2.05) is 12.1 Å². The van der Waals surface area contributed by atoms with Crippen LogP contribution in [0.15, 0.2) is 47.5 Å². The summed E-state index contributed by atoms with van der Waals surface area (Å²) < 4.78 is 3.73. The molecule has 0 N–H and O–H groups in total. The van der Waals surface area contributed by atoms with Gasteiger partial charge in [-0.05, 0) is 37.1 Å². The van der Waals surface area contributed by atoms with E-state index in [1.165, 1.54) is 12.1 Å². The zero-order valence-electron chi connectivity index (χ0n) is 15.2. The topological polar surface area (TPSA) is 68.8 Å². The summed E-state index contributed by atoms with van der Waals surface area (Å²) in [6, 6.07) is 9.43. The Labute approximate surface area is 157 Å². The predicted molar refractivity (Wildman–Crippen MR) is 101 cm³/mol. The lowest BCUT2D eigenvalue weighted by molar-refractivity contribution is 0.0752. The number of rotatable bonds is 5.